The standard InChI is InChI=1S/C29H42N2O8/c1-28(2,3)39-27(34)31-12-8-21(9-13-31)38-22-17-20(18-22)30-14-10-29(35,11-15-30)19-6-7-23(25(32)36-4)24(16-19)26(33)37-5/h6-7,16,20-22,35H,8-15,17-18H2,1-5H3. The van der Waals surface area contributed by atoms with Gasteiger partial charge in [0, 0.05) is 32.2 Å². The Kier molecular flexibility index (Phi) is 8.88. The summed E-state index contributed by atoms with van der Waals surface area (Å²) < 4.78 is 21.4. The van der Waals surface area contributed by atoms with Crippen LogP contribution in [0.25, 0.3) is 0 Å². The highest BCUT2D eigenvalue weighted by molar-refractivity contribution is 6.03. The third kappa shape index (κ3) is 6.91. The zero-order valence-corrected chi connectivity index (χ0v) is 23.7. The van der Waals surface area contributed by atoms with E-state index in [-0.39, 0.29) is 29.4 Å². The average molecular weight is 547 g/mol. The second kappa shape index (κ2) is 11.8. The second-order valence-electron chi connectivity index (χ2n) is 11.9. The Labute approximate surface area is 230 Å². The number of ether oxygens (including phenoxy) is 4. The van der Waals surface area contributed by atoms with E-state index in [1.54, 1.807) is 17.0 Å². The van der Waals surface area contributed by atoms with Gasteiger partial charge in [-0.15, -0.1) is 0 Å². The van der Waals surface area contributed by atoms with Crippen LogP contribution in [-0.2, 0) is 24.5 Å². The number of aliphatic hydroxyl groups is 1. The van der Waals surface area contributed by atoms with Crippen molar-refractivity contribution in [3.8, 4) is 0 Å². The lowest BCUT2D eigenvalue weighted by Crippen LogP contribution is -2.54. The van der Waals surface area contributed by atoms with Crippen LogP contribution in [0, 0.1) is 0 Å². The molecule has 2 saturated heterocycles. The van der Waals surface area contributed by atoms with Crippen LogP contribution in [0.15, 0.2) is 18.2 Å². The molecule has 1 aromatic carbocycles. The molecule has 10 nitrogen and oxygen atoms in total. The van der Waals surface area contributed by atoms with Crippen molar-refractivity contribution in [2.24, 2.45) is 0 Å². The molecule has 1 N–H and O–H groups in total. The molecule has 0 atom stereocenters. The van der Waals surface area contributed by atoms with E-state index in [1.807, 2.05) is 20.8 Å². The summed E-state index contributed by atoms with van der Waals surface area (Å²) in [5, 5.41) is 11.4. The minimum absolute atomic E-state index is 0.0913. The minimum Gasteiger partial charge on any atom is -0.465 e. The fraction of sp³-hybridized carbons (Fsp3) is 0.690. The molecule has 2 aliphatic heterocycles. The van der Waals surface area contributed by atoms with Crippen LogP contribution in [0.1, 0.15) is 85.6 Å². The molecule has 1 aliphatic carbocycles. The number of nitrogens with zero attached hydrogens (tertiary/aromatic N) is 2. The maximum Gasteiger partial charge on any atom is 0.410 e. The van der Waals surface area contributed by atoms with E-state index in [0.717, 1.165) is 38.8 Å². The molecule has 0 bridgehead atoms. The number of methoxy groups -OCH3 is 2. The van der Waals surface area contributed by atoms with Gasteiger partial charge in [0.15, 0.2) is 0 Å². The Balaban J connectivity index is 1.24. The summed E-state index contributed by atoms with van der Waals surface area (Å²) in [5.74, 6) is -1.27. The van der Waals surface area contributed by atoms with Crippen LogP contribution >= 0.6 is 0 Å². The molecular formula is C29H42N2O8. The first-order valence-electron chi connectivity index (χ1n) is 13.8. The maximum atomic E-state index is 12.3. The molecule has 10 heteroatoms. The third-order valence-corrected chi connectivity index (χ3v) is 8.06. The lowest BCUT2D eigenvalue weighted by molar-refractivity contribution is -0.116. The van der Waals surface area contributed by atoms with Gasteiger partial charge < -0.3 is 29.0 Å². The largest absolute Gasteiger partial charge is 0.465 e. The van der Waals surface area contributed by atoms with Crippen molar-refractivity contribution in [1.82, 2.24) is 9.80 Å². The van der Waals surface area contributed by atoms with Crippen molar-refractivity contribution < 1.29 is 38.4 Å². The molecule has 216 valence electrons. The predicted molar refractivity (Wildman–Crippen MR) is 143 cm³/mol. The molecule has 0 aromatic heterocycles. The lowest BCUT2D eigenvalue weighted by Gasteiger charge is -2.48. The number of rotatable bonds is 6. The van der Waals surface area contributed by atoms with Gasteiger partial charge in [-0.05, 0) is 77.0 Å². The summed E-state index contributed by atoms with van der Waals surface area (Å²) in [5.41, 5.74) is -0.770. The molecule has 0 unspecified atom stereocenters. The highest BCUT2D eigenvalue weighted by Gasteiger charge is 2.42. The molecule has 0 spiro atoms. The lowest BCUT2D eigenvalue weighted by atomic mass is 9.80. The van der Waals surface area contributed by atoms with Gasteiger partial charge >= 0.3 is 18.0 Å². The molecule has 2 heterocycles. The monoisotopic (exact) mass is 546 g/mol. The van der Waals surface area contributed by atoms with Crippen LogP contribution in [-0.4, -0.2) is 97.2 Å². The van der Waals surface area contributed by atoms with Crippen molar-refractivity contribution in [2.75, 3.05) is 40.4 Å². The Morgan fingerprint density at radius 2 is 1.49 bits per heavy atom. The first kappa shape index (κ1) is 29.3. The fourth-order valence-electron chi connectivity index (χ4n) is 5.67. The third-order valence-electron chi connectivity index (χ3n) is 8.06. The van der Waals surface area contributed by atoms with E-state index in [1.165, 1.54) is 20.3 Å². The van der Waals surface area contributed by atoms with Crippen LogP contribution in [0.3, 0.4) is 0 Å². The number of amides is 1. The first-order chi connectivity index (χ1) is 18.4. The van der Waals surface area contributed by atoms with Gasteiger partial charge in [0.2, 0.25) is 0 Å². The predicted octanol–water partition coefficient (Wildman–Crippen LogP) is 3.49. The highest BCUT2D eigenvalue weighted by Crippen LogP contribution is 2.38. The van der Waals surface area contributed by atoms with Crippen LogP contribution in [0.5, 0.6) is 0 Å². The molecule has 1 amide bonds. The fourth-order valence-corrected chi connectivity index (χ4v) is 5.67. The number of esters is 2. The number of likely N-dealkylation sites (tertiary alicyclic amines) is 2. The molecule has 3 aliphatic rings. The van der Waals surface area contributed by atoms with Gasteiger partial charge in [-0.1, -0.05) is 6.07 Å². The maximum absolute atomic E-state index is 12.3. The Morgan fingerprint density at radius 3 is 2.05 bits per heavy atom. The number of hydrogen-bond acceptors (Lipinski definition) is 9. The van der Waals surface area contributed by atoms with E-state index in [4.69, 9.17) is 18.9 Å². The van der Waals surface area contributed by atoms with Gasteiger partial charge in [-0.3, -0.25) is 4.90 Å². The molecular weight excluding hydrogens is 504 g/mol. The van der Waals surface area contributed by atoms with E-state index in [9.17, 15) is 19.5 Å². The molecule has 4 rings (SSSR count). The number of piperidine rings is 2. The number of hydrogen-bond donors (Lipinski definition) is 1. The van der Waals surface area contributed by atoms with Gasteiger partial charge in [0.1, 0.15) is 5.60 Å². The van der Waals surface area contributed by atoms with Crippen LogP contribution in [0.2, 0.25) is 0 Å². The smallest absolute Gasteiger partial charge is 0.410 e. The van der Waals surface area contributed by atoms with Crippen molar-refractivity contribution in [2.45, 2.75) is 88.7 Å². The summed E-state index contributed by atoms with van der Waals surface area (Å²) in [6.07, 6.45) is 4.75. The zero-order valence-electron chi connectivity index (χ0n) is 23.7. The minimum atomic E-state index is -1.09. The van der Waals surface area contributed by atoms with Gasteiger partial charge in [0.25, 0.3) is 0 Å². The quantitative estimate of drug-likeness (QED) is 0.423. The van der Waals surface area contributed by atoms with E-state index in [2.05, 4.69) is 4.90 Å². The van der Waals surface area contributed by atoms with E-state index < -0.39 is 23.1 Å². The van der Waals surface area contributed by atoms with Gasteiger partial charge in [-0.25, -0.2) is 14.4 Å². The number of carbonyl (C=O) groups is 3. The normalized spacial score (nSPS) is 24.0. The van der Waals surface area contributed by atoms with Crippen molar-refractivity contribution in [3.05, 3.63) is 34.9 Å². The number of carbonyl (C=O) groups excluding carboxylic acids is 3. The summed E-state index contributed by atoms with van der Waals surface area (Å²) in [6.45, 7) is 8.39. The first-order valence-corrected chi connectivity index (χ1v) is 13.8. The Morgan fingerprint density at radius 1 is 0.897 bits per heavy atom. The van der Waals surface area contributed by atoms with E-state index in [0.29, 0.717) is 37.5 Å². The molecule has 0 radical (unpaired) electrons. The number of benzene rings is 1. The van der Waals surface area contributed by atoms with Crippen molar-refractivity contribution in [1.29, 1.82) is 0 Å². The summed E-state index contributed by atoms with van der Waals surface area (Å²) in [4.78, 5) is 40.8. The molecule has 1 saturated carbocycles. The topological polar surface area (TPSA) is 115 Å². The van der Waals surface area contributed by atoms with Crippen molar-refractivity contribution in [3.63, 3.8) is 0 Å². The Bertz CT molecular complexity index is 1050. The molecule has 3 fully saturated rings. The SMILES string of the molecule is COC(=O)c1ccc(C2(O)CCN(C3CC(OC4CCN(C(=O)OC(C)(C)C)CC4)C3)CC2)cc1C(=O)OC. The molecule has 39 heavy (non-hydrogen) atoms. The summed E-state index contributed by atoms with van der Waals surface area (Å²) in [7, 11) is 2.51. The van der Waals surface area contributed by atoms with Crippen molar-refractivity contribution >= 4 is 18.0 Å². The van der Waals surface area contributed by atoms with Gasteiger partial charge in [-0.2, -0.15) is 0 Å². The van der Waals surface area contributed by atoms with Gasteiger partial charge in [0.05, 0.1) is 43.2 Å². The Hall–Kier alpha value is -2.69. The average Bonchev–Trinajstić information content (AvgIpc) is 2.89. The molecule has 1 aromatic rings. The highest BCUT2D eigenvalue weighted by atomic mass is 16.6. The summed E-state index contributed by atoms with van der Waals surface area (Å²) >= 11 is 0. The van der Waals surface area contributed by atoms with E-state index >= 15 is 0 Å². The second-order valence-corrected chi connectivity index (χ2v) is 11.9. The summed E-state index contributed by atoms with van der Waals surface area (Å²) in [6, 6.07) is 5.18. The van der Waals surface area contributed by atoms with Crippen LogP contribution < -0.4 is 0 Å². The van der Waals surface area contributed by atoms with Crippen LogP contribution in [0.4, 0.5) is 4.79 Å². The zero-order chi connectivity index (χ0) is 28.4.